The lowest BCUT2D eigenvalue weighted by atomic mass is 9.97. The predicted octanol–water partition coefficient (Wildman–Crippen LogP) is 3.67. The SMILES string of the molecule is Cc1nn(-c2ccc(F)cc2)c2nc(N3CCCC(C(=O)NC(C)C)C3)sc12. The van der Waals surface area contributed by atoms with Gasteiger partial charge in [-0.05, 0) is 57.9 Å². The van der Waals surface area contributed by atoms with E-state index in [4.69, 9.17) is 4.98 Å². The van der Waals surface area contributed by atoms with Crippen molar-refractivity contribution in [3.63, 3.8) is 0 Å². The number of thiazole rings is 1. The van der Waals surface area contributed by atoms with Crippen LogP contribution in [0, 0.1) is 18.7 Å². The normalized spacial score (nSPS) is 17.5. The summed E-state index contributed by atoms with van der Waals surface area (Å²) in [5.41, 5.74) is 2.45. The Kier molecular flexibility index (Phi) is 5.05. The summed E-state index contributed by atoms with van der Waals surface area (Å²) in [4.78, 5) is 19.5. The zero-order valence-corrected chi connectivity index (χ0v) is 17.1. The Bertz CT molecular complexity index is 994. The maximum Gasteiger partial charge on any atom is 0.225 e. The zero-order valence-electron chi connectivity index (χ0n) is 16.3. The monoisotopic (exact) mass is 401 g/mol. The number of rotatable bonds is 4. The highest BCUT2D eigenvalue weighted by molar-refractivity contribution is 7.22. The first-order chi connectivity index (χ1) is 13.4. The molecule has 0 radical (unpaired) electrons. The quantitative estimate of drug-likeness (QED) is 0.725. The van der Waals surface area contributed by atoms with Crippen molar-refractivity contribution in [2.24, 2.45) is 5.92 Å². The van der Waals surface area contributed by atoms with Gasteiger partial charge in [0.05, 0.1) is 22.0 Å². The Labute approximate surface area is 167 Å². The summed E-state index contributed by atoms with van der Waals surface area (Å²) in [6.07, 6.45) is 1.87. The molecule has 1 amide bonds. The summed E-state index contributed by atoms with van der Waals surface area (Å²) >= 11 is 1.60. The fraction of sp³-hybridized carbons (Fsp3) is 0.450. The van der Waals surface area contributed by atoms with Gasteiger partial charge in [0.25, 0.3) is 0 Å². The lowest BCUT2D eigenvalue weighted by Gasteiger charge is -2.32. The van der Waals surface area contributed by atoms with Crippen molar-refractivity contribution in [3.05, 3.63) is 35.8 Å². The topological polar surface area (TPSA) is 63.1 Å². The number of hydrogen-bond acceptors (Lipinski definition) is 5. The number of halogens is 1. The van der Waals surface area contributed by atoms with Crippen molar-refractivity contribution in [1.82, 2.24) is 20.1 Å². The van der Waals surface area contributed by atoms with Crippen LogP contribution in [0.1, 0.15) is 32.4 Å². The number of fused-ring (bicyclic) bond motifs is 1. The van der Waals surface area contributed by atoms with Crippen LogP contribution in [0.15, 0.2) is 24.3 Å². The maximum absolute atomic E-state index is 13.3. The molecule has 3 aromatic rings. The van der Waals surface area contributed by atoms with Crippen LogP contribution in [0.2, 0.25) is 0 Å². The van der Waals surface area contributed by atoms with E-state index >= 15 is 0 Å². The summed E-state index contributed by atoms with van der Waals surface area (Å²) in [7, 11) is 0. The van der Waals surface area contributed by atoms with Crippen molar-refractivity contribution >= 4 is 32.7 Å². The molecule has 4 rings (SSSR count). The molecule has 148 valence electrons. The second-order valence-corrected chi connectivity index (χ2v) is 8.55. The van der Waals surface area contributed by atoms with Gasteiger partial charge in [0.2, 0.25) is 5.91 Å². The van der Waals surface area contributed by atoms with Gasteiger partial charge in [-0.25, -0.2) is 9.07 Å². The largest absolute Gasteiger partial charge is 0.354 e. The molecule has 0 spiro atoms. The van der Waals surface area contributed by atoms with Gasteiger partial charge in [0, 0.05) is 19.1 Å². The summed E-state index contributed by atoms with van der Waals surface area (Å²) in [5, 5.41) is 8.50. The molecule has 0 bridgehead atoms. The van der Waals surface area contributed by atoms with E-state index in [0.29, 0.717) is 6.54 Å². The highest BCUT2D eigenvalue weighted by Gasteiger charge is 2.28. The predicted molar refractivity (Wildman–Crippen MR) is 110 cm³/mol. The number of amides is 1. The molecule has 1 aliphatic heterocycles. The third-order valence-electron chi connectivity index (χ3n) is 4.94. The van der Waals surface area contributed by atoms with E-state index < -0.39 is 0 Å². The second-order valence-electron chi connectivity index (χ2n) is 7.57. The molecule has 1 aliphatic rings. The van der Waals surface area contributed by atoms with E-state index in [-0.39, 0.29) is 23.7 Å². The van der Waals surface area contributed by atoms with Crippen LogP contribution in [0.25, 0.3) is 16.0 Å². The summed E-state index contributed by atoms with van der Waals surface area (Å²) in [6, 6.07) is 6.40. The smallest absolute Gasteiger partial charge is 0.225 e. The number of aryl methyl sites for hydroxylation is 1. The highest BCUT2D eigenvalue weighted by atomic mass is 32.1. The Balaban J connectivity index is 1.62. The van der Waals surface area contributed by atoms with Gasteiger partial charge >= 0.3 is 0 Å². The first kappa shape index (κ1) is 18.9. The maximum atomic E-state index is 13.3. The standard InChI is InChI=1S/C20H24FN5OS/c1-12(2)22-19(27)14-5-4-10-25(11-14)20-23-18-17(28-20)13(3)24-26(18)16-8-6-15(21)7-9-16/h6-9,12,14H,4-5,10-11H2,1-3H3,(H,22,27). The number of nitrogens with one attached hydrogen (secondary N) is 1. The molecule has 28 heavy (non-hydrogen) atoms. The Morgan fingerprint density at radius 2 is 2.07 bits per heavy atom. The second kappa shape index (κ2) is 7.50. The first-order valence-electron chi connectivity index (χ1n) is 9.60. The Morgan fingerprint density at radius 3 is 2.79 bits per heavy atom. The average Bonchev–Trinajstić information content (AvgIpc) is 3.23. The van der Waals surface area contributed by atoms with Crippen LogP contribution in [-0.4, -0.2) is 39.8 Å². The molecule has 0 saturated carbocycles. The number of carbonyl (C=O) groups excluding carboxylic acids is 1. The molecule has 1 unspecified atom stereocenters. The molecule has 1 saturated heterocycles. The molecule has 1 atom stereocenters. The lowest BCUT2D eigenvalue weighted by molar-refractivity contribution is -0.125. The van der Waals surface area contributed by atoms with E-state index in [1.807, 2.05) is 20.8 Å². The van der Waals surface area contributed by atoms with E-state index in [9.17, 15) is 9.18 Å². The third kappa shape index (κ3) is 3.61. The van der Waals surface area contributed by atoms with E-state index in [1.54, 1.807) is 28.2 Å². The number of carbonyl (C=O) groups is 1. The Hall–Kier alpha value is -2.48. The van der Waals surface area contributed by atoms with Gasteiger partial charge in [-0.2, -0.15) is 10.1 Å². The van der Waals surface area contributed by atoms with Gasteiger partial charge in [-0.15, -0.1) is 0 Å². The number of nitrogens with zero attached hydrogens (tertiary/aromatic N) is 4. The summed E-state index contributed by atoms with van der Waals surface area (Å²) in [5.74, 6) is -0.172. The molecular weight excluding hydrogens is 377 g/mol. The van der Waals surface area contributed by atoms with Crippen LogP contribution in [0.4, 0.5) is 9.52 Å². The molecule has 0 aliphatic carbocycles. The van der Waals surface area contributed by atoms with Crippen molar-refractivity contribution in [2.45, 2.75) is 39.7 Å². The van der Waals surface area contributed by atoms with E-state index in [2.05, 4.69) is 15.3 Å². The number of hydrogen-bond donors (Lipinski definition) is 1. The van der Waals surface area contributed by atoms with Gasteiger partial charge in [-0.3, -0.25) is 4.79 Å². The van der Waals surface area contributed by atoms with Crippen molar-refractivity contribution in [2.75, 3.05) is 18.0 Å². The summed E-state index contributed by atoms with van der Waals surface area (Å²) < 4.78 is 16.0. The minimum absolute atomic E-state index is 0.0159. The third-order valence-corrected chi connectivity index (χ3v) is 6.16. The fourth-order valence-corrected chi connectivity index (χ4v) is 4.61. The van der Waals surface area contributed by atoms with Crippen molar-refractivity contribution in [1.29, 1.82) is 0 Å². The number of piperidine rings is 1. The highest BCUT2D eigenvalue weighted by Crippen LogP contribution is 2.34. The van der Waals surface area contributed by atoms with Crippen molar-refractivity contribution < 1.29 is 9.18 Å². The Morgan fingerprint density at radius 1 is 1.32 bits per heavy atom. The van der Waals surface area contributed by atoms with Gasteiger partial charge < -0.3 is 10.2 Å². The minimum atomic E-state index is -0.276. The first-order valence-corrected chi connectivity index (χ1v) is 10.4. The molecule has 2 aromatic heterocycles. The van der Waals surface area contributed by atoms with Crippen LogP contribution in [0.5, 0.6) is 0 Å². The molecule has 8 heteroatoms. The number of anilines is 1. The molecule has 6 nitrogen and oxygen atoms in total. The summed E-state index contributed by atoms with van der Waals surface area (Å²) in [6.45, 7) is 7.49. The molecule has 1 N–H and O–H groups in total. The lowest BCUT2D eigenvalue weighted by Crippen LogP contribution is -2.44. The molecule has 3 heterocycles. The zero-order chi connectivity index (χ0) is 19.8. The van der Waals surface area contributed by atoms with E-state index in [0.717, 1.165) is 46.2 Å². The number of benzene rings is 1. The molecular formula is C20H24FN5OS. The fourth-order valence-electron chi connectivity index (χ4n) is 3.59. The van der Waals surface area contributed by atoms with Crippen LogP contribution >= 0.6 is 11.3 Å². The average molecular weight is 402 g/mol. The minimum Gasteiger partial charge on any atom is -0.354 e. The van der Waals surface area contributed by atoms with Crippen LogP contribution in [0.3, 0.4) is 0 Å². The van der Waals surface area contributed by atoms with Crippen LogP contribution in [-0.2, 0) is 4.79 Å². The van der Waals surface area contributed by atoms with E-state index in [1.165, 1.54) is 12.1 Å². The van der Waals surface area contributed by atoms with Crippen LogP contribution < -0.4 is 10.2 Å². The molecule has 1 fully saturated rings. The van der Waals surface area contributed by atoms with Gasteiger partial charge in [-0.1, -0.05) is 11.3 Å². The van der Waals surface area contributed by atoms with Crippen molar-refractivity contribution in [3.8, 4) is 5.69 Å². The number of aromatic nitrogens is 3. The van der Waals surface area contributed by atoms with Gasteiger partial charge in [0.15, 0.2) is 10.8 Å². The van der Waals surface area contributed by atoms with Gasteiger partial charge in [0.1, 0.15) is 5.82 Å². The molecule has 1 aromatic carbocycles.